The second kappa shape index (κ2) is 7.83. The summed E-state index contributed by atoms with van der Waals surface area (Å²) in [6, 6.07) is 10.4. The van der Waals surface area contributed by atoms with Gasteiger partial charge in [-0.05, 0) is 61.8 Å². The van der Waals surface area contributed by atoms with Crippen molar-refractivity contribution in [2.45, 2.75) is 18.3 Å². The Kier molecular flexibility index (Phi) is 5.52. The third kappa shape index (κ3) is 3.70. The quantitative estimate of drug-likeness (QED) is 0.862. The van der Waals surface area contributed by atoms with E-state index in [4.69, 9.17) is 4.74 Å². The SMILES string of the molecule is COc1ccccc1C(=O)NCC1(c2cc(F)ccc2F)CCNCC1. The van der Waals surface area contributed by atoms with E-state index in [9.17, 15) is 13.6 Å². The van der Waals surface area contributed by atoms with E-state index in [1.54, 1.807) is 24.3 Å². The fourth-order valence-electron chi connectivity index (χ4n) is 3.53. The first kappa shape index (κ1) is 18.3. The largest absolute Gasteiger partial charge is 0.496 e. The Bertz CT molecular complexity index is 789. The monoisotopic (exact) mass is 360 g/mol. The lowest BCUT2D eigenvalue weighted by atomic mass is 9.72. The molecule has 0 radical (unpaired) electrons. The van der Waals surface area contributed by atoms with Crippen molar-refractivity contribution in [1.82, 2.24) is 10.6 Å². The number of methoxy groups -OCH3 is 1. The third-order valence-corrected chi connectivity index (χ3v) is 5.00. The highest BCUT2D eigenvalue weighted by molar-refractivity contribution is 5.96. The Labute approximate surface area is 151 Å². The first-order valence-corrected chi connectivity index (χ1v) is 8.63. The van der Waals surface area contributed by atoms with Crippen LogP contribution in [0.1, 0.15) is 28.8 Å². The first-order chi connectivity index (χ1) is 12.6. The van der Waals surface area contributed by atoms with E-state index in [-0.39, 0.29) is 12.5 Å². The highest BCUT2D eigenvalue weighted by Crippen LogP contribution is 2.35. The summed E-state index contributed by atoms with van der Waals surface area (Å²) in [6.07, 6.45) is 1.22. The molecule has 26 heavy (non-hydrogen) atoms. The van der Waals surface area contributed by atoms with Gasteiger partial charge < -0.3 is 15.4 Å². The highest BCUT2D eigenvalue weighted by Gasteiger charge is 2.37. The van der Waals surface area contributed by atoms with Crippen molar-refractivity contribution in [3.63, 3.8) is 0 Å². The number of ether oxygens (including phenoxy) is 1. The molecule has 0 aliphatic carbocycles. The predicted molar refractivity (Wildman–Crippen MR) is 95.5 cm³/mol. The molecule has 0 atom stereocenters. The van der Waals surface area contributed by atoms with Gasteiger partial charge in [0, 0.05) is 12.0 Å². The number of nitrogens with one attached hydrogen (secondary N) is 2. The van der Waals surface area contributed by atoms with Gasteiger partial charge in [-0.3, -0.25) is 4.79 Å². The standard InChI is InChI=1S/C20H22F2N2O2/c1-26-18-5-3-2-4-15(18)19(25)24-13-20(8-10-23-11-9-20)16-12-14(21)6-7-17(16)22/h2-7,12,23H,8-11,13H2,1H3,(H,24,25). The van der Waals surface area contributed by atoms with Gasteiger partial charge in [0.05, 0.1) is 12.7 Å². The molecule has 1 heterocycles. The Morgan fingerprint density at radius 1 is 1.19 bits per heavy atom. The van der Waals surface area contributed by atoms with Crippen LogP contribution in [0.15, 0.2) is 42.5 Å². The van der Waals surface area contributed by atoms with Crippen LogP contribution < -0.4 is 15.4 Å². The molecule has 1 aliphatic heterocycles. The summed E-state index contributed by atoms with van der Waals surface area (Å²) in [5, 5.41) is 6.13. The van der Waals surface area contributed by atoms with E-state index in [1.807, 2.05) is 0 Å². The molecule has 0 spiro atoms. The molecule has 0 bridgehead atoms. The zero-order chi connectivity index (χ0) is 18.6. The molecule has 0 unspecified atom stereocenters. The molecule has 2 N–H and O–H groups in total. The van der Waals surface area contributed by atoms with Crippen LogP contribution in [-0.4, -0.2) is 32.7 Å². The normalized spacial score (nSPS) is 16.1. The first-order valence-electron chi connectivity index (χ1n) is 8.63. The summed E-state index contributed by atoms with van der Waals surface area (Å²) in [5.41, 5.74) is 0.0906. The summed E-state index contributed by atoms with van der Waals surface area (Å²) < 4.78 is 33.4. The van der Waals surface area contributed by atoms with Crippen molar-refractivity contribution >= 4 is 5.91 Å². The number of para-hydroxylation sites is 1. The van der Waals surface area contributed by atoms with E-state index in [2.05, 4.69) is 10.6 Å². The van der Waals surface area contributed by atoms with Crippen LogP contribution in [0.25, 0.3) is 0 Å². The zero-order valence-electron chi connectivity index (χ0n) is 14.6. The van der Waals surface area contributed by atoms with Crippen LogP contribution in [0.5, 0.6) is 5.75 Å². The topological polar surface area (TPSA) is 50.4 Å². The average Bonchev–Trinajstić information content (AvgIpc) is 2.68. The van der Waals surface area contributed by atoms with Crippen molar-refractivity contribution in [2.24, 2.45) is 0 Å². The molecule has 1 aliphatic rings. The van der Waals surface area contributed by atoms with Crippen molar-refractivity contribution in [3.05, 3.63) is 65.2 Å². The van der Waals surface area contributed by atoms with Crippen molar-refractivity contribution < 1.29 is 18.3 Å². The average molecular weight is 360 g/mol. The fraction of sp³-hybridized carbons (Fsp3) is 0.350. The van der Waals surface area contributed by atoms with Crippen LogP contribution in [0.4, 0.5) is 8.78 Å². The van der Waals surface area contributed by atoms with Gasteiger partial charge in [-0.2, -0.15) is 0 Å². The van der Waals surface area contributed by atoms with Crippen LogP contribution in [0, 0.1) is 11.6 Å². The summed E-state index contributed by atoms with van der Waals surface area (Å²) in [6.45, 7) is 1.59. The van der Waals surface area contributed by atoms with Gasteiger partial charge in [0.25, 0.3) is 5.91 Å². The number of amides is 1. The molecule has 4 nitrogen and oxygen atoms in total. The second-order valence-corrected chi connectivity index (χ2v) is 6.54. The van der Waals surface area contributed by atoms with Crippen molar-refractivity contribution in [1.29, 1.82) is 0 Å². The minimum absolute atomic E-state index is 0.228. The van der Waals surface area contributed by atoms with Crippen LogP contribution in [0.2, 0.25) is 0 Å². The molecule has 2 aromatic rings. The zero-order valence-corrected chi connectivity index (χ0v) is 14.6. The molecule has 1 saturated heterocycles. The summed E-state index contributed by atoms with van der Waals surface area (Å²) >= 11 is 0. The van der Waals surface area contributed by atoms with Crippen LogP contribution in [-0.2, 0) is 5.41 Å². The Morgan fingerprint density at radius 2 is 1.92 bits per heavy atom. The lowest BCUT2D eigenvalue weighted by Gasteiger charge is -2.38. The van der Waals surface area contributed by atoms with Crippen molar-refractivity contribution in [3.8, 4) is 5.75 Å². The van der Waals surface area contributed by atoms with Gasteiger partial charge in [0.2, 0.25) is 0 Å². The van der Waals surface area contributed by atoms with E-state index in [0.29, 0.717) is 42.8 Å². The van der Waals surface area contributed by atoms with E-state index < -0.39 is 17.0 Å². The smallest absolute Gasteiger partial charge is 0.255 e. The maximum Gasteiger partial charge on any atom is 0.255 e. The summed E-state index contributed by atoms with van der Waals surface area (Å²) in [5.74, 6) is -0.742. The van der Waals surface area contributed by atoms with E-state index in [0.717, 1.165) is 12.1 Å². The van der Waals surface area contributed by atoms with Gasteiger partial charge in [0.15, 0.2) is 0 Å². The van der Waals surface area contributed by atoms with Gasteiger partial charge in [-0.25, -0.2) is 8.78 Å². The minimum atomic E-state index is -0.644. The molecular formula is C20H22F2N2O2. The van der Waals surface area contributed by atoms with E-state index >= 15 is 0 Å². The molecule has 0 saturated carbocycles. The second-order valence-electron chi connectivity index (χ2n) is 6.54. The maximum absolute atomic E-state index is 14.4. The lowest BCUT2D eigenvalue weighted by Crippen LogP contribution is -2.48. The molecule has 138 valence electrons. The number of hydrogen-bond acceptors (Lipinski definition) is 3. The minimum Gasteiger partial charge on any atom is -0.496 e. The number of carbonyl (C=O) groups is 1. The van der Waals surface area contributed by atoms with Crippen LogP contribution >= 0.6 is 0 Å². The number of benzene rings is 2. The Balaban J connectivity index is 1.85. The molecule has 6 heteroatoms. The molecule has 3 rings (SSSR count). The third-order valence-electron chi connectivity index (χ3n) is 5.00. The number of carbonyl (C=O) groups excluding carboxylic acids is 1. The molecule has 1 fully saturated rings. The fourth-order valence-corrected chi connectivity index (χ4v) is 3.53. The Morgan fingerprint density at radius 3 is 2.65 bits per heavy atom. The van der Waals surface area contributed by atoms with Gasteiger partial charge >= 0.3 is 0 Å². The number of hydrogen-bond donors (Lipinski definition) is 2. The van der Waals surface area contributed by atoms with Crippen LogP contribution in [0.3, 0.4) is 0 Å². The predicted octanol–water partition coefficient (Wildman–Crippen LogP) is 3.02. The number of rotatable bonds is 5. The van der Waals surface area contributed by atoms with Gasteiger partial charge in [-0.15, -0.1) is 0 Å². The summed E-state index contributed by atoms with van der Waals surface area (Å²) in [7, 11) is 1.50. The number of piperidine rings is 1. The van der Waals surface area contributed by atoms with Gasteiger partial charge in [-0.1, -0.05) is 12.1 Å². The van der Waals surface area contributed by atoms with Gasteiger partial charge in [0.1, 0.15) is 17.4 Å². The van der Waals surface area contributed by atoms with Crippen molar-refractivity contribution in [2.75, 3.05) is 26.7 Å². The number of halogens is 2. The summed E-state index contributed by atoms with van der Waals surface area (Å²) in [4.78, 5) is 12.6. The molecule has 2 aromatic carbocycles. The molecule has 1 amide bonds. The molecular weight excluding hydrogens is 338 g/mol. The van der Waals surface area contributed by atoms with E-state index in [1.165, 1.54) is 13.2 Å². The maximum atomic E-state index is 14.4. The Hall–Kier alpha value is -2.47. The lowest BCUT2D eigenvalue weighted by molar-refractivity contribution is 0.0934. The highest BCUT2D eigenvalue weighted by atomic mass is 19.1. The molecule has 0 aromatic heterocycles.